The number of amides is 1. The molecule has 3 rings (SSSR count). The maximum Gasteiger partial charge on any atom is 0.234 e. The van der Waals surface area contributed by atoms with Crippen molar-refractivity contribution in [3.8, 4) is 0 Å². The number of rotatable bonds is 6. The third kappa shape index (κ3) is 4.77. The van der Waals surface area contributed by atoms with Gasteiger partial charge in [-0.2, -0.15) is 5.10 Å². The van der Waals surface area contributed by atoms with Crippen LogP contribution >= 0.6 is 0 Å². The molecule has 2 aliphatic heterocycles. The summed E-state index contributed by atoms with van der Waals surface area (Å²) in [6.45, 7) is 7.83. The number of nitrogens with zero attached hydrogens (tertiary/aromatic N) is 5. The Kier molecular flexibility index (Phi) is 6.20. The van der Waals surface area contributed by atoms with Gasteiger partial charge in [-0.25, -0.2) is 4.98 Å². The number of hydrogen-bond acceptors (Lipinski definition) is 5. The first kappa shape index (κ1) is 17.4. The SMILES string of the molecule is CCN1CCC(NC(=O)CN2CCCCC2Cn2cncn2)CC1. The van der Waals surface area contributed by atoms with Gasteiger partial charge in [-0.3, -0.25) is 14.4 Å². The minimum Gasteiger partial charge on any atom is -0.352 e. The number of likely N-dealkylation sites (tertiary alicyclic amines) is 2. The number of carbonyl (C=O) groups excluding carboxylic acids is 1. The molecule has 7 nitrogen and oxygen atoms in total. The molecule has 1 atom stereocenters. The smallest absolute Gasteiger partial charge is 0.234 e. The molecule has 2 saturated heterocycles. The monoisotopic (exact) mass is 334 g/mol. The Hall–Kier alpha value is -1.47. The Morgan fingerprint density at radius 3 is 2.75 bits per heavy atom. The minimum absolute atomic E-state index is 0.176. The lowest BCUT2D eigenvalue weighted by molar-refractivity contribution is -0.124. The summed E-state index contributed by atoms with van der Waals surface area (Å²) in [4.78, 5) is 21.3. The summed E-state index contributed by atoms with van der Waals surface area (Å²) in [5.74, 6) is 0.176. The van der Waals surface area contributed by atoms with E-state index in [-0.39, 0.29) is 5.91 Å². The Bertz CT molecular complexity index is 497. The first-order valence-corrected chi connectivity index (χ1v) is 9.32. The van der Waals surface area contributed by atoms with Crippen LogP contribution in [0.5, 0.6) is 0 Å². The zero-order valence-corrected chi connectivity index (χ0v) is 14.7. The molecule has 0 aliphatic carbocycles. The highest BCUT2D eigenvalue weighted by atomic mass is 16.2. The van der Waals surface area contributed by atoms with Gasteiger partial charge in [0.1, 0.15) is 12.7 Å². The van der Waals surface area contributed by atoms with Crippen molar-refractivity contribution in [2.24, 2.45) is 0 Å². The van der Waals surface area contributed by atoms with Crippen LogP contribution in [0.1, 0.15) is 39.0 Å². The van der Waals surface area contributed by atoms with Gasteiger partial charge < -0.3 is 10.2 Å². The zero-order valence-electron chi connectivity index (χ0n) is 14.7. The highest BCUT2D eigenvalue weighted by Crippen LogP contribution is 2.18. The molecule has 0 aromatic carbocycles. The first-order chi connectivity index (χ1) is 11.7. The summed E-state index contributed by atoms with van der Waals surface area (Å²) >= 11 is 0. The third-order valence-electron chi connectivity index (χ3n) is 5.36. The molecule has 0 spiro atoms. The fourth-order valence-electron chi connectivity index (χ4n) is 3.87. The Balaban J connectivity index is 1.47. The highest BCUT2D eigenvalue weighted by Gasteiger charge is 2.26. The predicted octanol–water partition coefficient (Wildman–Crippen LogP) is 0.733. The van der Waals surface area contributed by atoms with E-state index in [4.69, 9.17) is 0 Å². The topological polar surface area (TPSA) is 66.3 Å². The van der Waals surface area contributed by atoms with Crippen LogP contribution in [0.3, 0.4) is 0 Å². The fraction of sp³-hybridized carbons (Fsp3) is 0.824. The normalized spacial score (nSPS) is 24.1. The van der Waals surface area contributed by atoms with E-state index in [9.17, 15) is 4.79 Å². The molecule has 1 unspecified atom stereocenters. The van der Waals surface area contributed by atoms with Crippen molar-refractivity contribution in [2.75, 3.05) is 32.7 Å². The quantitative estimate of drug-likeness (QED) is 0.831. The second kappa shape index (κ2) is 8.58. The van der Waals surface area contributed by atoms with Crippen molar-refractivity contribution in [3.05, 3.63) is 12.7 Å². The van der Waals surface area contributed by atoms with Crippen LogP contribution in [-0.2, 0) is 11.3 Å². The molecule has 1 amide bonds. The van der Waals surface area contributed by atoms with Crippen molar-refractivity contribution < 1.29 is 4.79 Å². The van der Waals surface area contributed by atoms with Crippen LogP contribution < -0.4 is 5.32 Å². The van der Waals surface area contributed by atoms with Crippen LogP contribution in [-0.4, -0.2) is 75.3 Å². The van der Waals surface area contributed by atoms with Crippen LogP contribution in [0.25, 0.3) is 0 Å². The van der Waals surface area contributed by atoms with E-state index in [0.717, 1.165) is 52.0 Å². The number of nitrogens with one attached hydrogen (secondary N) is 1. The van der Waals surface area contributed by atoms with E-state index in [1.54, 1.807) is 12.7 Å². The molecule has 134 valence electrons. The summed E-state index contributed by atoms with van der Waals surface area (Å²) in [6.07, 6.45) is 9.01. The molecule has 0 saturated carbocycles. The Labute approximate surface area is 144 Å². The maximum absolute atomic E-state index is 12.5. The summed E-state index contributed by atoms with van der Waals surface area (Å²) in [5.41, 5.74) is 0. The van der Waals surface area contributed by atoms with Crippen LogP contribution in [0.4, 0.5) is 0 Å². The molecule has 7 heteroatoms. The number of hydrogen-bond donors (Lipinski definition) is 1. The van der Waals surface area contributed by atoms with E-state index in [0.29, 0.717) is 18.6 Å². The number of aromatic nitrogens is 3. The van der Waals surface area contributed by atoms with E-state index in [2.05, 4.69) is 32.1 Å². The zero-order chi connectivity index (χ0) is 16.8. The minimum atomic E-state index is 0.176. The Morgan fingerprint density at radius 2 is 2.04 bits per heavy atom. The molecule has 2 aliphatic rings. The van der Waals surface area contributed by atoms with Gasteiger partial charge in [-0.05, 0) is 38.8 Å². The third-order valence-corrected chi connectivity index (χ3v) is 5.36. The second-order valence-corrected chi connectivity index (χ2v) is 7.01. The molecule has 3 heterocycles. The van der Waals surface area contributed by atoms with Gasteiger partial charge in [0.15, 0.2) is 0 Å². The van der Waals surface area contributed by atoms with Crippen molar-refractivity contribution in [3.63, 3.8) is 0 Å². The summed E-state index contributed by atoms with van der Waals surface area (Å²) < 4.78 is 1.88. The lowest BCUT2D eigenvalue weighted by Gasteiger charge is -2.36. The van der Waals surface area contributed by atoms with Crippen LogP contribution in [0.15, 0.2) is 12.7 Å². The van der Waals surface area contributed by atoms with E-state index >= 15 is 0 Å². The predicted molar refractivity (Wildman–Crippen MR) is 92.5 cm³/mol. The fourth-order valence-corrected chi connectivity index (χ4v) is 3.87. The molecule has 1 aromatic rings. The van der Waals surface area contributed by atoms with Crippen molar-refractivity contribution in [1.29, 1.82) is 0 Å². The van der Waals surface area contributed by atoms with E-state index in [1.165, 1.54) is 12.8 Å². The Morgan fingerprint density at radius 1 is 1.21 bits per heavy atom. The van der Waals surface area contributed by atoms with Gasteiger partial charge >= 0.3 is 0 Å². The maximum atomic E-state index is 12.5. The van der Waals surface area contributed by atoms with Gasteiger partial charge in [-0.15, -0.1) is 0 Å². The molecule has 24 heavy (non-hydrogen) atoms. The average molecular weight is 334 g/mol. The van der Waals surface area contributed by atoms with Crippen molar-refractivity contribution in [2.45, 2.75) is 57.7 Å². The molecular weight excluding hydrogens is 304 g/mol. The number of piperidine rings is 2. The van der Waals surface area contributed by atoms with Gasteiger partial charge in [0.05, 0.1) is 13.1 Å². The molecule has 1 N–H and O–H groups in total. The average Bonchev–Trinajstić information content (AvgIpc) is 3.10. The van der Waals surface area contributed by atoms with Gasteiger partial charge in [0, 0.05) is 25.2 Å². The molecule has 1 aromatic heterocycles. The van der Waals surface area contributed by atoms with Gasteiger partial charge in [-0.1, -0.05) is 13.3 Å². The first-order valence-electron chi connectivity index (χ1n) is 9.32. The van der Waals surface area contributed by atoms with Crippen molar-refractivity contribution in [1.82, 2.24) is 29.9 Å². The van der Waals surface area contributed by atoms with Crippen molar-refractivity contribution >= 4 is 5.91 Å². The van der Waals surface area contributed by atoms with Gasteiger partial charge in [0.25, 0.3) is 0 Å². The van der Waals surface area contributed by atoms with E-state index in [1.807, 2.05) is 4.68 Å². The van der Waals surface area contributed by atoms with Gasteiger partial charge in [0.2, 0.25) is 5.91 Å². The summed E-state index contributed by atoms with van der Waals surface area (Å²) in [6, 6.07) is 0.729. The molecule has 0 bridgehead atoms. The highest BCUT2D eigenvalue weighted by molar-refractivity contribution is 5.78. The molecular formula is C17H30N6O. The second-order valence-electron chi connectivity index (χ2n) is 7.01. The lowest BCUT2D eigenvalue weighted by Crippen LogP contribution is -2.50. The largest absolute Gasteiger partial charge is 0.352 e. The summed E-state index contributed by atoms with van der Waals surface area (Å²) in [7, 11) is 0. The number of carbonyl (C=O) groups is 1. The summed E-state index contributed by atoms with van der Waals surface area (Å²) in [5, 5.41) is 7.45. The van der Waals surface area contributed by atoms with E-state index < -0.39 is 0 Å². The van der Waals surface area contributed by atoms with Crippen LogP contribution in [0.2, 0.25) is 0 Å². The lowest BCUT2D eigenvalue weighted by atomic mass is 10.0. The molecule has 0 radical (unpaired) electrons. The molecule has 2 fully saturated rings. The standard InChI is InChI=1S/C17H30N6O/c1-2-21-9-6-15(7-10-21)20-17(24)12-22-8-4-3-5-16(22)11-23-14-18-13-19-23/h13-16H,2-12H2,1H3,(H,20,24). The van der Waals surface area contributed by atoms with Crippen LogP contribution in [0, 0.1) is 0 Å².